The first-order chi connectivity index (χ1) is 28.1. The molecule has 0 amide bonds. The minimum Gasteiger partial charge on any atom is -0.502 e. The molecule has 4 aromatic carbocycles. The Morgan fingerprint density at radius 1 is 0.948 bits per heavy atom. The van der Waals surface area contributed by atoms with E-state index in [-0.39, 0.29) is 61.1 Å². The number of phenolic OH excluding ortho intramolecular Hbond substituents is 1. The lowest BCUT2D eigenvalue weighted by Gasteiger charge is -2.40. The molecule has 2 aliphatic carbocycles. The molecule has 12 heteroatoms. The van der Waals surface area contributed by atoms with Crippen LogP contribution >= 0.6 is 0 Å². The van der Waals surface area contributed by atoms with Gasteiger partial charge in [-0.05, 0) is 85.0 Å². The second kappa shape index (κ2) is 16.5. The van der Waals surface area contributed by atoms with Crippen LogP contribution in [0.3, 0.4) is 0 Å². The number of methoxy groups -OCH3 is 1. The van der Waals surface area contributed by atoms with Crippen molar-refractivity contribution in [3.8, 4) is 45.6 Å². The number of hydrogen-bond acceptors (Lipinski definition) is 12. The molecule has 310 valence electrons. The standard InChI is InChI=1S/C46H57N3O9/c1-6-48-24-58-36-20-34(55-16-15-47-4)29-11-12-30-39-33(49-45(53)42(36)41(29)39)19-35-40(30)43(51)31(23-57-35)25-17-37(54-5)44(52)38(18-25)56-22-26(21-50)27-13-14-46(2,3)32-10-8-7-9-28(27)32/h7-10,17-20,26-27,31,43,45,47-53H,6,11-16,21-24H2,1-5H3. The fourth-order valence-corrected chi connectivity index (χ4v) is 9.60. The molecular formula is C46H57N3O9. The molecule has 8 rings (SSSR count). The van der Waals surface area contributed by atoms with Gasteiger partial charge in [-0.2, -0.15) is 0 Å². The van der Waals surface area contributed by atoms with Gasteiger partial charge in [-0.25, -0.2) is 0 Å². The van der Waals surface area contributed by atoms with Crippen LogP contribution in [0.4, 0.5) is 5.69 Å². The first-order valence-electron chi connectivity index (χ1n) is 20.6. The lowest BCUT2D eigenvalue weighted by atomic mass is 9.66. The highest BCUT2D eigenvalue weighted by atomic mass is 16.5. The average molecular weight is 796 g/mol. The smallest absolute Gasteiger partial charge is 0.200 e. The summed E-state index contributed by atoms with van der Waals surface area (Å²) in [6, 6.07) is 15.7. The second-order valence-electron chi connectivity index (χ2n) is 16.5. The number of aliphatic hydroxyl groups is 3. The molecule has 5 unspecified atom stereocenters. The zero-order chi connectivity index (χ0) is 40.7. The number of aliphatic hydroxyl groups excluding tert-OH is 3. The highest BCUT2D eigenvalue weighted by Gasteiger charge is 2.42. The highest BCUT2D eigenvalue weighted by molar-refractivity contribution is 5.93. The fraction of sp³-hybridized carbons (Fsp3) is 0.478. The number of nitrogens with one attached hydrogen (secondary N) is 3. The van der Waals surface area contributed by atoms with Gasteiger partial charge in [0.15, 0.2) is 17.7 Å². The summed E-state index contributed by atoms with van der Waals surface area (Å²) in [5, 5.41) is 55.5. The summed E-state index contributed by atoms with van der Waals surface area (Å²) in [5.74, 6) is 1.45. The van der Waals surface area contributed by atoms with Gasteiger partial charge in [-0.1, -0.05) is 45.0 Å². The maximum atomic E-state index is 12.4. The van der Waals surface area contributed by atoms with Crippen molar-refractivity contribution in [3.63, 3.8) is 0 Å². The summed E-state index contributed by atoms with van der Waals surface area (Å²) < 4.78 is 31.0. The Kier molecular flexibility index (Phi) is 11.4. The van der Waals surface area contributed by atoms with Crippen molar-refractivity contribution >= 4 is 5.69 Å². The highest BCUT2D eigenvalue weighted by Crippen LogP contribution is 2.57. The Morgan fingerprint density at radius 3 is 2.52 bits per heavy atom. The summed E-state index contributed by atoms with van der Waals surface area (Å²) in [6.07, 6.45) is 1.13. The summed E-state index contributed by atoms with van der Waals surface area (Å²) in [5.41, 5.74) is 8.99. The van der Waals surface area contributed by atoms with Gasteiger partial charge in [-0.3, -0.25) is 5.32 Å². The Hall–Kier alpha value is -4.72. The quantitative estimate of drug-likeness (QED) is 0.0542. The van der Waals surface area contributed by atoms with Gasteiger partial charge in [0.05, 0.1) is 32.0 Å². The van der Waals surface area contributed by atoms with Gasteiger partial charge in [0, 0.05) is 65.1 Å². The zero-order valence-corrected chi connectivity index (χ0v) is 34.1. The molecule has 2 heterocycles. The van der Waals surface area contributed by atoms with E-state index in [2.05, 4.69) is 54.1 Å². The van der Waals surface area contributed by atoms with E-state index < -0.39 is 18.2 Å². The topological polar surface area (TPSA) is 163 Å². The average Bonchev–Trinajstić information content (AvgIpc) is 3.22. The molecule has 2 aliphatic heterocycles. The second-order valence-corrected chi connectivity index (χ2v) is 16.5. The molecule has 58 heavy (non-hydrogen) atoms. The van der Waals surface area contributed by atoms with Crippen molar-refractivity contribution in [2.24, 2.45) is 5.92 Å². The molecule has 0 bridgehead atoms. The van der Waals surface area contributed by atoms with Crippen LogP contribution in [-0.2, 0) is 18.3 Å². The minimum atomic E-state index is -1.04. The molecule has 7 N–H and O–H groups in total. The molecule has 0 aromatic heterocycles. The van der Waals surface area contributed by atoms with E-state index in [1.165, 1.54) is 18.2 Å². The largest absolute Gasteiger partial charge is 0.502 e. The third-order valence-electron chi connectivity index (χ3n) is 12.7. The van der Waals surface area contributed by atoms with Crippen LogP contribution in [-0.4, -0.2) is 80.8 Å². The predicted molar refractivity (Wildman–Crippen MR) is 222 cm³/mol. The molecular weight excluding hydrogens is 739 g/mol. The molecule has 0 saturated heterocycles. The summed E-state index contributed by atoms with van der Waals surface area (Å²) in [7, 11) is 3.37. The Morgan fingerprint density at radius 2 is 1.74 bits per heavy atom. The number of hydrogen-bond donors (Lipinski definition) is 7. The number of anilines is 1. The summed E-state index contributed by atoms with van der Waals surface area (Å²) in [4.78, 5) is 0. The summed E-state index contributed by atoms with van der Waals surface area (Å²) in [6.45, 7) is 8.92. The van der Waals surface area contributed by atoms with Crippen molar-refractivity contribution in [1.82, 2.24) is 10.6 Å². The van der Waals surface area contributed by atoms with E-state index in [9.17, 15) is 20.4 Å². The van der Waals surface area contributed by atoms with Crippen molar-refractivity contribution in [2.75, 3.05) is 65.7 Å². The first-order valence-corrected chi connectivity index (χ1v) is 20.6. The van der Waals surface area contributed by atoms with Crippen molar-refractivity contribution in [2.45, 2.75) is 76.0 Å². The van der Waals surface area contributed by atoms with Crippen LogP contribution < -0.4 is 39.6 Å². The maximum absolute atomic E-state index is 12.4. The molecule has 0 spiro atoms. The van der Waals surface area contributed by atoms with Gasteiger partial charge in [-0.15, -0.1) is 0 Å². The Labute approximate surface area is 340 Å². The molecule has 0 fully saturated rings. The van der Waals surface area contributed by atoms with E-state index in [0.717, 1.165) is 47.3 Å². The van der Waals surface area contributed by atoms with E-state index >= 15 is 0 Å². The predicted octanol–water partition coefficient (Wildman–Crippen LogP) is 6.18. The van der Waals surface area contributed by atoms with Crippen LogP contribution in [0.5, 0.6) is 34.5 Å². The molecule has 5 atom stereocenters. The molecule has 4 aromatic rings. The van der Waals surface area contributed by atoms with Crippen molar-refractivity contribution < 1.29 is 44.1 Å². The number of likely N-dealkylation sites (N-methyl/N-ethyl adjacent to an activating group) is 1. The lowest BCUT2D eigenvalue weighted by molar-refractivity contribution is 0.0875. The normalized spacial score (nSPS) is 21.4. The van der Waals surface area contributed by atoms with E-state index in [1.54, 1.807) is 12.1 Å². The summed E-state index contributed by atoms with van der Waals surface area (Å²) >= 11 is 0. The Bertz CT molecular complexity index is 2160. The number of rotatable bonds is 15. The van der Waals surface area contributed by atoms with Crippen molar-refractivity contribution in [1.29, 1.82) is 0 Å². The van der Waals surface area contributed by atoms with Crippen LogP contribution in [0, 0.1) is 5.92 Å². The van der Waals surface area contributed by atoms with Gasteiger partial charge in [0.2, 0.25) is 5.75 Å². The molecule has 4 aliphatic rings. The third-order valence-corrected chi connectivity index (χ3v) is 12.7. The van der Waals surface area contributed by atoms with E-state index in [1.807, 2.05) is 26.1 Å². The lowest BCUT2D eigenvalue weighted by Crippen LogP contribution is -2.32. The fourth-order valence-electron chi connectivity index (χ4n) is 9.60. The van der Waals surface area contributed by atoms with Crippen LogP contribution in [0.1, 0.15) is 96.7 Å². The van der Waals surface area contributed by atoms with E-state index in [4.69, 9.17) is 23.7 Å². The molecule has 0 radical (unpaired) electrons. The van der Waals surface area contributed by atoms with Gasteiger partial charge in [0.1, 0.15) is 30.6 Å². The first kappa shape index (κ1) is 40.1. The minimum absolute atomic E-state index is 0.0451. The van der Waals surface area contributed by atoms with Gasteiger partial charge >= 0.3 is 0 Å². The SMILES string of the molecule is CCNCOc1cc(OCCNC)c2c3c1C(O)Nc1cc4c(c(c1-3)CC2)C(O)C(c1cc(OC)c(O)c(OCC(CO)C2CCC(C)(C)c3ccccc32)c1)CO4. The van der Waals surface area contributed by atoms with Gasteiger partial charge < -0.3 is 54.7 Å². The van der Waals surface area contributed by atoms with Gasteiger partial charge in [0.25, 0.3) is 0 Å². The number of benzene rings is 4. The number of fused-ring (bicyclic) bond motifs is 3. The third kappa shape index (κ3) is 7.08. The van der Waals surface area contributed by atoms with E-state index in [0.29, 0.717) is 59.9 Å². The van der Waals surface area contributed by atoms with Crippen molar-refractivity contribution in [3.05, 3.63) is 87.5 Å². The molecule has 0 saturated carbocycles. The van der Waals surface area contributed by atoms with Crippen LogP contribution in [0.15, 0.2) is 48.5 Å². The van der Waals surface area contributed by atoms with Crippen LogP contribution in [0.25, 0.3) is 11.1 Å². The van der Waals surface area contributed by atoms with Crippen LogP contribution in [0.2, 0.25) is 0 Å². The maximum Gasteiger partial charge on any atom is 0.200 e. The Balaban J connectivity index is 1.13. The zero-order valence-electron chi connectivity index (χ0n) is 34.1. The number of phenols is 1. The molecule has 12 nitrogen and oxygen atoms in total. The number of aromatic hydroxyl groups is 1. The monoisotopic (exact) mass is 795 g/mol. The number of ether oxygens (including phenoxy) is 5.